The number of para-hydroxylation sites is 1. The van der Waals surface area contributed by atoms with Gasteiger partial charge in [0.2, 0.25) is 5.91 Å². The fourth-order valence-corrected chi connectivity index (χ4v) is 4.67. The van der Waals surface area contributed by atoms with Gasteiger partial charge >= 0.3 is 0 Å². The molecule has 1 amide bonds. The zero-order chi connectivity index (χ0) is 24.0. The highest BCUT2D eigenvalue weighted by atomic mass is 16.5. The van der Waals surface area contributed by atoms with E-state index in [9.17, 15) is 4.79 Å². The zero-order valence-corrected chi connectivity index (χ0v) is 20.0. The number of nitrogens with one attached hydrogen (secondary N) is 1. The van der Waals surface area contributed by atoms with Gasteiger partial charge < -0.3 is 14.6 Å². The van der Waals surface area contributed by atoms with E-state index in [-0.39, 0.29) is 11.8 Å². The first-order chi connectivity index (χ1) is 17.2. The molecular formula is C28H31N5O2. The van der Waals surface area contributed by atoms with E-state index in [2.05, 4.69) is 39.3 Å². The molecule has 3 heterocycles. The molecule has 7 nitrogen and oxygen atoms in total. The summed E-state index contributed by atoms with van der Waals surface area (Å²) in [5.74, 6) is 2.08. The van der Waals surface area contributed by atoms with Gasteiger partial charge in [-0.05, 0) is 67.9 Å². The van der Waals surface area contributed by atoms with Crippen molar-refractivity contribution in [2.75, 3.05) is 20.2 Å². The summed E-state index contributed by atoms with van der Waals surface area (Å²) in [6.45, 7) is 3.13. The molecule has 1 aliphatic heterocycles. The smallest absolute Gasteiger partial charge is 0.223 e. The molecule has 0 radical (unpaired) electrons. The normalized spacial score (nSPS) is 14.7. The van der Waals surface area contributed by atoms with Crippen LogP contribution in [0.5, 0.6) is 5.75 Å². The Morgan fingerprint density at radius 2 is 1.71 bits per heavy atom. The number of rotatable bonds is 8. The Hall–Kier alpha value is -3.84. The monoisotopic (exact) mass is 469 g/mol. The minimum atomic E-state index is 0.0560. The van der Waals surface area contributed by atoms with Gasteiger partial charge in [-0.25, -0.2) is 4.68 Å². The van der Waals surface area contributed by atoms with Crippen LogP contribution in [0, 0.1) is 5.92 Å². The molecule has 1 saturated heterocycles. The second-order valence-corrected chi connectivity index (χ2v) is 8.95. The Morgan fingerprint density at radius 1 is 1.00 bits per heavy atom. The Balaban J connectivity index is 1.20. The highest BCUT2D eigenvalue weighted by molar-refractivity contribution is 5.78. The van der Waals surface area contributed by atoms with Crippen LogP contribution in [0.1, 0.15) is 24.0 Å². The number of methoxy groups -OCH3 is 1. The number of piperidine rings is 1. The molecule has 35 heavy (non-hydrogen) atoms. The minimum absolute atomic E-state index is 0.0560. The van der Waals surface area contributed by atoms with Gasteiger partial charge in [-0.1, -0.05) is 30.3 Å². The molecule has 0 unspecified atom stereocenters. The summed E-state index contributed by atoms with van der Waals surface area (Å²) in [6, 6.07) is 22.1. The van der Waals surface area contributed by atoms with Gasteiger partial charge in [0.25, 0.3) is 0 Å². The van der Waals surface area contributed by atoms with E-state index in [0.717, 1.165) is 55.3 Å². The number of carbonyl (C=O) groups is 1. The van der Waals surface area contributed by atoms with Crippen molar-refractivity contribution in [3.63, 3.8) is 0 Å². The van der Waals surface area contributed by atoms with E-state index >= 15 is 0 Å². The van der Waals surface area contributed by atoms with Gasteiger partial charge in [-0.2, -0.15) is 5.10 Å². The summed E-state index contributed by atoms with van der Waals surface area (Å²) >= 11 is 0. The fraction of sp³-hybridized carbons (Fsp3) is 0.286. The minimum Gasteiger partial charge on any atom is -0.497 e. The maximum Gasteiger partial charge on any atom is 0.223 e. The second kappa shape index (κ2) is 10.6. The molecule has 0 aliphatic carbocycles. The first-order valence-electron chi connectivity index (χ1n) is 12.1. The zero-order valence-electron chi connectivity index (χ0n) is 20.0. The summed E-state index contributed by atoms with van der Waals surface area (Å²) in [5.41, 5.74) is 3.28. The number of carbonyl (C=O) groups excluding carboxylic acids is 1. The molecule has 0 bridgehead atoms. The van der Waals surface area contributed by atoms with Gasteiger partial charge in [0.05, 0.1) is 19.0 Å². The highest BCUT2D eigenvalue weighted by Gasteiger charge is 2.26. The van der Waals surface area contributed by atoms with Crippen molar-refractivity contribution in [2.45, 2.75) is 25.9 Å². The third-order valence-electron chi connectivity index (χ3n) is 6.64. The quantitative estimate of drug-likeness (QED) is 0.420. The number of likely N-dealkylation sites (tertiary alicyclic amines) is 1. The molecule has 0 spiro atoms. The molecule has 0 atom stereocenters. The van der Waals surface area contributed by atoms with Gasteiger partial charge in [0, 0.05) is 37.0 Å². The largest absolute Gasteiger partial charge is 0.497 e. The van der Waals surface area contributed by atoms with E-state index in [1.807, 2.05) is 65.5 Å². The van der Waals surface area contributed by atoms with Crippen LogP contribution >= 0.6 is 0 Å². The van der Waals surface area contributed by atoms with Crippen molar-refractivity contribution in [2.24, 2.45) is 5.92 Å². The number of hydrogen-bond donors (Lipinski definition) is 1. The number of nitrogens with zero attached hydrogens (tertiary/aromatic N) is 4. The molecule has 2 aromatic heterocycles. The number of amides is 1. The summed E-state index contributed by atoms with van der Waals surface area (Å²) < 4.78 is 9.31. The van der Waals surface area contributed by atoms with Gasteiger partial charge in [-0.3, -0.25) is 9.69 Å². The average molecular weight is 470 g/mol. The van der Waals surface area contributed by atoms with Gasteiger partial charge in [-0.15, -0.1) is 0 Å². The molecule has 1 N–H and O–H groups in total. The SMILES string of the molecule is COc1ccc(CNC(=O)C2CCN(Cc3cnn(-c4ccccc4)c3-n3cccc3)CC2)cc1. The van der Waals surface area contributed by atoms with Crippen molar-refractivity contribution in [3.8, 4) is 17.3 Å². The first kappa shape index (κ1) is 22.9. The summed E-state index contributed by atoms with van der Waals surface area (Å²) in [6.07, 6.45) is 7.80. The van der Waals surface area contributed by atoms with Crippen LogP contribution < -0.4 is 10.1 Å². The average Bonchev–Trinajstić information content (AvgIpc) is 3.58. The Bertz CT molecular complexity index is 1220. The third kappa shape index (κ3) is 5.30. The van der Waals surface area contributed by atoms with Crippen molar-refractivity contribution < 1.29 is 9.53 Å². The van der Waals surface area contributed by atoms with Crippen LogP contribution in [-0.2, 0) is 17.9 Å². The maximum atomic E-state index is 12.8. The highest BCUT2D eigenvalue weighted by Crippen LogP contribution is 2.24. The summed E-state index contributed by atoms with van der Waals surface area (Å²) in [4.78, 5) is 15.2. The van der Waals surface area contributed by atoms with Crippen LogP contribution in [0.3, 0.4) is 0 Å². The van der Waals surface area contributed by atoms with Crippen LogP contribution in [0.2, 0.25) is 0 Å². The van der Waals surface area contributed by atoms with Gasteiger partial charge in [0.15, 0.2) is 0 Å². The molecule has 1 aliphatic rings. The van der Waals surface area contributed by atoms with E-state index < -0.39 is 0 Å². The van der Waals surface area contributed by atoms with E-state index in [4.69, 9.17) is 9.84 Å². The van der Waals surface area contributed by atoms with Crippen molar-refractivity contribution in [3.05, 3.63) is 96.4 Å². The number of ether oxygens (including phenoxy) is 1. The molecule has 180 valence electrons. The topological polar surface area (TPSA) is 64.3 Å². The van der Waals surface area contributed by atoms with Crippen LogP contribution in [-0.4, -0.2) is 45.4 Å². The van der Waals surface area contributed by atoms with E-state index in [1.165, 1.54) is 5.56 Å². The van der Waals surface area contributed by atoms with Gasteiger partial charge in [0.1, 0.15) is 11.6 Å². The standard InChI is InChI=1S/C28H31N5O2/c1-35-26-11-9-22(10-12-26)19-29-27(34)23-13-17-31(18-14-23)21-24-20-30-33(25-7-3-2-4-8-25)28(24)32-15-5-6-16-32/h2-12,15-16,20,23H,13-14,17-19,21H2,1H3,(H,29,34). The molecule has 5 rings (SSSR count). The Morgan fingerprint density at radius 3 is 2.40 bits per heavy atom. The molecular weight excluding hydrogens is 438 g/mol. The van der Waals surface area contributed by atoms with Crippen molar-refractivity contribution in [1.29, 1.82) is 0 Å². The third-order valence-corrected chi connectivity index (χ3v) is 6.64. The lowest BCUT2D eigenvalue weighted by molar-refractivity contribution is -0.126. The lowest BCUT2D eigenvalue weighted by Gasteiger charge is -2.31. The van der Waals surface area contributed by atoms with Crippen molar-refractivity contribution in [1.82, 2.24) is 24.6 Å². The molecule has 1 fully saturated rings. The van der Waals surface area contributed by atoms with Crippen LogP contribution in [0.4, 0.5) is 0 Å². The lowest BCUT2D eigenvalue weighted by Crippen LogP contribution is -2.40. The number of hydrogen-bond acceptors (Lipinski definition) is 4. The van der Waals surface area contributed by atoms with E-state index in [1.54, 1.807) is 7.11 Å². The molecule has 2 aromatic carbocycles. The van der Waals surface area contributed by atoms with E-state index in [0.29, 0.717) is 6.54 Å². The lowest BCUT2D eigenvalue weighted by atomic mass is 9.95. The number of aromatic nitrogens is 3. The van der Waals surface area contributed by atoms with Crippen LogP contribution in [0.25, 0.3) is 11.5 Å². The van der Waals surface area contributed by atoms with Crippen molar-refractivity contribution >= 4 is 5.91 Å². The molecule has 0 saturated carbocycles. The summed E-state index contributed by atoms with van der Waals surface area (Å²) in [7, 11) is 1.65. The van der Waals surface area contributed by atoms with Crippen LogP contribution in [0.15, 0.2) is 85.3 Å². The molecule has 7 heteroatoms. The predicted octanol–water partition coefficient (Wildman–Crippen LogP) is 4.20. The predicted molar refractivity (Wildman–Crippen MR) is 136 cm³/mol. The Labute approximate surface area is 205 Å². The molecule has 4 aromatic rings. The Kier molecular flexibility index (Phi) is 6.95. The second-order valence-electron chi connectivity index (χ2n) is 8.95. The maximum absolute atomic E-state index is 12.8. The fourth-order valence-electron chi connectivity index (χ4n) is 4.67. The number of benzene rings is 2. The summed E-state index contributed by atoms with van der Waals surface area (Å²) in [5, 5.41) is 7.82. The first-order valence-corrected chi connectivity index (χ1v) is 12.1.